The molecule has 18 heavy (non-hydrogen) atoms. The van der Waals surface area contributed by atoms with Gasteiger partial charge >= 0.3 is 0 Å². The Morgan fingerprint density at radius 1 is 1.22 bits per heavy atom. The number of rotatable bonds is 4. The lowest BCUT2D eigenvalue weighted by Gasteiger charge is -2.14. The second-order valence-electron chi connectivity index (χ2n) is 4.47. The molecule has 2 rings (SSSR count). The molecule has 0 radical (unpaired) electrons. The van der Waals surface area contributed by atoms with E-state index in [1.165, 1.54) is 0 Å². The molecule has 0 bridgehead atoms. The predicted molar refractivity (Wildman–Crippen MR) is 72.5 cm³/mol. The molecule has 96 valence electrons. The van der Waals surface area contributed by atoms with Gasteiger partial charge in [0.05, 0.1) is 6.54 Å². The number of hydrogen-bond donors (Lipinski definition) is 1. The van der Waals surface area contributed by atoms with Crippen LogP contribution in [0, 0.1) is 0 Å². The summed E-state index contributed by atoms with van der Waals surface area (Å²) < 4.78 is 0. The Kier molecular flexibility index (Phi) is 4.34. The molecule has 0 saturated carbocycles. The summed E-state index contributed by atoms with van der Waals surface area (Å²) in [4.78, 5) is 17.9. The maximum absolute atomic E-state index is 11.8. The van der Waals surface area contributed by atoms with E-state index in [1.54, 1.807) is 0 Å². The van der Waals surface area contributed by atoms with Gasteiger partial charge in [0, 0.05) is 25.1 Å². The number of nitrogens with zero attached hydrogens (tertiary/aromatic N) is 2. The molecule has 1 heterocycles. The van der Waals surface area contributed by atoms with Crippen LogP contribution < -0.4 is 5.73 Å². The smallest absolute Gasteiger partial charge is 0.224 e. The normalized spacial score (nSPS) is 16.0. The van der Waals surface area contributed by atoms with Crippen LogP contribution in [0.25, 0.3) is 0 Å². The minimum atomic E-state index is 0.192. The van der Waals surface area contributed by atoms with Gasteiger partial charge < -0.3 is 10.6 Å². The molecule has 4 heteroatoms. The van der Waals surface area contributed by atoms with Crippen molar-refractivity contribution in [3.8, 4) is 0 Å². The zero-order valence-electron chi connectivity index (χ0n) is 10.5. The third-order valence-corrected chi connectivity index (χ3v) is 3.14. The Morgan fingerprint density at radius 3 is 2.56 bits per heavy atom. The van der Waals surface area contributed by atoms with Crippen LogP contribution in [0.5, 0.6) is 0 Å². The Hall–Kier alpha value is -1.84. The Bertz CT molecular complexity index is 422. The number of amidine groups is 1. The quantitative estimate of drug-likeness (QED) is 0.644. The monoisotopic (exact) mass is 245 g/mol. The second kappa shape index (κ2) is 6.19. The van der Waals surface area contributed by atoms with Crippen LogP contribution >= 0.6 is 0 Å². The van der Waals surface area contributed by atoms with E-state index in [4.69, 9.17) is 5.73 Å². The predicted octanol–water partition coefficient (Wildman–Crippen LogP) is 1.40. The van der Waals surface area contributed by atoms with Crippen molar-refractivity contribution in [3.63, 3.8) is 0 Å². The first-order valence-corrected chi connectivity index (χ1v) is 6.40. The highest BCUT2D eigenvalue weighted by Crippen LogP contribution is 2.08. The van der Waals surface area contributed by atoms with E-state index in [0.717, 1.165) is 31.5 Å². The summed E-state index contributed by atoms with van der Waals surface area (Å²) >= 11 is 0. The van der Waals surface area contributed by atoms with Crippen molar-refractivity contribution in [3.05, 3.63) is 35.9 Å². The van der Waals surface area contributed by atoms with Gasteiger partial charge in [0.1, 0.15) is 5.84 Å². The van der Waals surface area contributed by atoms with Crippen molar-refractivity contribution < 1.29 is 4.79 Å². The van der Waals surface area contributed by atoms with E-state index in [2.05, 4.69) is 4.99 Å². The maximum atomic E-state index is 11.8. The summed E-state index contributed by atoms with van der Waals surface area (Å²) in [6.07, 6.45) is 2.70. The minimum absolute atomic E-state index is 0.192. The Morgan fingerprint density at radius 2 is 1.89 bits per heavy atom. The number of nitrogens with two attached hydrogens (primary N) is 1. The highest BCUT2D eigenvalue weighted by Gasteiger charge is 2.16. The fourth-order valence-corrected chi connectivity index (χ4v) is 2.10. The fourth-order valence-electron chi connectivity index (χ4n) is 2.10. The first-order valence-electron chi connectivity index (χ1n) is 6.40. The average Bonchev–Trinajstić information content (AvgIpc) is 2.93. The number of benzene rings is 1. The molecule has 1 saturated heterocycles. The van der Waals surface area contributed by atoms with Gasteiger partial charge in [-0.1, -0.05) is 30.3 Å². The van der Waals surface area contributed by atoms with Crippen LogP contribution in [-0.2, 0) is 4.79 Å². The lowest BCUT2D eigenvalue weighted by Crippen LogP contribution is -2.28. The standard InChI is InChI=1S/C14H19N3O/c15-14(12-6-2-1-3-7-12)16-9-8-13(18)17-10-4-5-11-17/h1-3,6-7H,4-5,8-11H2,(H2,15,16). The second-order valence-corrected chi connectivity index (χ2v) is 4.47. The van der Waals surface area contributed by atoms with E-state index in [0.29, 0.717) is 18.8 Å². The third kappa shape index (κ3) is 3.32. The minimum Gasteiger partial charge on any atom is -0.384 e. The average molecular weight is 245 g/mol. The van der Waals surface area contributed by atoms with Gasteiger partial charge in [-0.15, -0.1) is 0 Å². The number of amides is 1. The molecule has 1 aromatic rings. The Balaban J connectivity index is 1.82. The highest BCUT2D eigenvalue weighted by atomic mass is 16.2. The summed E-state index contributed by atoms with van der Waals surface area (Å²) in [6.45, 7) is 2.27. The zero-order valence-corrected chi connectivity index (χ0v) is 10.5. The van der Waals surface area contributed by atoms with Crippen LogP contribution in [0.4, 0.5) is 0 Å². The zero-order chi connectivity index (χ0) is 12.8. The summed E-state index contributed by atoms with van der Waals surface area (Å²) in [7, 11) is 0. The molecule has 0 aliphatic carbocycles. The first kappa shape index (κ1) is 12.6. The molecule has 1 fully saturated rings. The van der Waals surface area contributed by atoms with Gasteiger partial charge in [0.2, 0.25) is 5.91 Å². The SMILES string of the molecule is NC(=NCCC(=O)N1CCCC1)c1ccccc1. The van der Waals surface area contributed by atoms with Gasteiger partial charge in [-0.25, -0.2) is 0 Å². The van der Waals surface area contributed by atoms with E-state index in [-0.39, 0.29) is 5.91 Å². The van der Waals surface area contributed by atoms with Crippen molar-refractivity contribution in [2.75, 3.05) is 19.6 Å². The molecule has 2 N–H and O–H groups in total. The summed E-state index contributed by atoms with van der Waals surface area (Å²) in [5.41, 5.74) is 6.77. The molecule has 1 aliphatic heterocycles. The largest absolute Gasteiger partial charge is 0.384 e. The van der Waals surface area contributed by atoms with Gasteiger partial charge in [-0.2, -0.15) is 0 Å². The van der Waals surface area contributed by atoms with Crippen LogP contribution in [0.15, 0.2) is 35.3 Å². The lowest BCUT2D eigenvalue weighted by molar-refractivity contribution is -0.129. The van der Waals surface area contributed by atoms with Gasteiger partial charge in [0.25, 0.3) is 0 Å². The van der Waals surface area contributed by atoms with Crippen molar-refractivity contribution in [1.82, 2.24) is 4.90 Å². The number of likely N-dealkylation sites (tertiary alicyclic amines) is 1. The van der Waals surface area contributed by atoms with Crippen molar-refractivity contribution in [2.24, 2.45) is 10.7 Å². The number of carbonyl (C=O) groups excluding carboxylic acids is 1. The van der Waals surface area contributed by atoms with Crippen LogP contribution in [0.1, 0.15) is 24.8 Å². The molecular formula is C14H19N3O. The van der Waals surface area contributed by atoms with Gasteiger partial charge in [-0.3, -0.25) is 9.79 Å². The molecule has 1 amide bonds. The van der Waals surface area contributed by atoms with Crippen LogP contribution in [-0.4, -0.2) is 36.3 Å². The van der Waals surface area contributed by atoms with E-state index in [1.807, 2.05) is 35.2 Å². The van der Waals surface area contributed by atoms with Crippen molar-refractivity contribution >= 4 is 11.7 Å². The van der Waals surface area contributed by atoms with Crippen LogP contribution in [0.2, 0.25) is 0 Å². The number of aliphatic imine (C=N–C) groups is 1. The summed E-state index contributed by atoms with van der Waals surface area (Å²) in [5.74, 6) is 0.696. The van der Waals surface area contributed by atoms with Gasteiger partial charge in [-0.05, 0) is 12.8 Å². The maximum Gasteiger partial charge on any atom is 0.224 e. The molecule has 0 atom stereocenters. The molecule has 1 aromatic carbocycles. The molecule has 1 aliphatic rings. The fraction of sp³-hybridized carbons (Fsp3) is 0.429. The van der Waals surface area contributed by atoms with Gasteiger partial charge in [0.15, 0.2) is 0 Å². The third-order valence-electron chi connectivity index (χ3n) is 3.14. The molecule has 4 nitrogen and oxygen atoms in total. The topological polar surface area (TPSA) is 58.7 Å². The molecular weight excluding hydrogens is 226 g/mol. The highest BCUT2D eigenvalue weighted by molar-refractivity contribution is 5.97. The molecule has 0 aromatic heterocycles. The van der Waals surface area contributed by atoms with E-state index in [9.17, 15) is 4.79 Å². The van der Waals surface area contributed by atoms with Crippen LogP contribution in [0.3, 0.4) is 0 Å². The molecule has 0 unspecified atom stereocenters. The molecule has 0 spiro atoms. The van der Waals surface area contributed by atoms with Crippen molar-refractivity contribution in [2.45, 2.75) is 19.3 Å². The van der Waals surface area contributed by atoms with Crippen molar-refractivity contribution in [1.29, 1.82) is 0 Å². The first-order chi connectivity index (χ1) is 8.77. The summed E-state index contributed by atoms with van der Waals surface area (Å²) in [5, 5.41) is 0. The summed E-state index contributed by atoms with van der Waals surface area (Å²) in [6, 6.07) is 9.62. The lowest BCUT2D eigenvalue weighted by atomic mass is 10.2. The Labute approximate surface area is 108 Å². The number of carbonyl (C=O) groups is 1. The number of hydrogen-bond acceptors (Lipinski definition) is 2. The van der Waals surface area contributed by atoms with E-state index < -0.39 is 0 Å². The van der Waals surface area contributed by atoms with E-state index >= 15 is 0 Å².